The highest BCUT2D eigenvalue weighted by molar-refractivity contribution is 9.11. The summed E-state index contributed by atoms with van der Waals surface area (Å²) in [5.41, 5.74) is 0.601. The molecule has 0 spiro atoms. The van der Waals surface area contributed by atoms with E-state index in [2.05, 4.69) is 48.6 Å². The summed E-state index contributed by atoms with van der Waals surface area (Å²) in [6.07, 6.45) is 4.98. The van der Waals surface area contributed by atoms with E-state index < -0.39 is 12.2 Å². The Kier molecular flexibility index (Phi) is 7.82. The van der Waals surface area contributed by atoms with Crippen LogP contribution in [-0.4, -0.2) is 34.1 Å². The van der Waals surface area contributed by atoms with Crippen molar-refractivity contribution in [3.8, 4) is 0 Å². The van der Waals surface area contributed by atoms with Gasteiger partial charge in [0.05, 0.1) is 22.0 Å². The maximum absolute atomic E-state index is 13.3. The third-order valence-corrected chi connectivity index (χ3v) is 13.2. The quantitative estimate of drug-likeness (QED) is 0.326. The predicted octanol–water partition coefficient (Wildman–Crippen LogP) is 6.44. The van der Waals surface area contributed by atoms with Gasteiger partial charge in [-0.15, -0.1) is 11.3 Å². The number of rotatable bonds is 6. The van der Waals surface area contributed by atoms with E-state index in [1.165, 1.54) is 0 Å². The number of Topliss-reactive ketones (excluding diaryl/α,β-unsaturated/α-hetero) is 1. The highest BCUT2D eigenvalue weighted by Gasteiger charge is 2.65. The lowest BCUT2D eigenvalue weighted by molar-refractivity contribution is -0.201. The zero-order valence-electron chi connectivity index (χ0n) is 23.2. The van der Waals surface area contributed by atoms with Crippen molar-refractivity contribution in [3.63, 3.8) is 0 Å². The normalized spacial score (nSPS) is 42.0. The van der Waals surface area contributed by atoms with Crippen LogP contribution in [-0.2, 0) is 9.59 Å². The number of hydrogen-bond donors (Lipinski definition) is 3. The smallest absolute Gasteiger partial charge is 0.221 e. The minimum absolute atomic E-state index is 0.0120. The highest BCUT2D eigenvalue weighted by Crippen LogP contribution is 2.68. The largest absolute Gasteiger partial charge is 0.393 e. The molecule has 0 aliphatic heterocycles. The molecule has 3 N–H and O–H groups in total. The molecule has 11 atom stereocenters. The van der Waals surface area contributed by atoms with Gasteiger partial charge in [-0.2, -0.15) is 0 Å². The van der Waals surface area contributed by atoms with Crippen molar-refractivity contribution in [3.05, 3.63) is 32.9 Å². The molecule has 210 valence electrons. The Balaban J connectivity index is 1.32. The van der Waals surface area contributed by atoms with Crippen molar-refractivity contribution < 1.29 is 19.8 Å². The maximum Gasteiger partial charge on any atom is 0.221 e. The number of nitrogens with one attached hydrogen (secondary N) is 1. The number of carbonyl (C=O) groups is 2. The van der Waals surface area contributed by atoms with Crippen LogP contribution in [0.5, 0.6) is 0 Å². The Hall–Kier alpha value is -1.02. The molecule has 0 aromatic carbocycles. The average Bonchev–Trinajstić information content (AvgIpc) is 3.43. The second-order valence-corrected chi connectivity index (χ2v) is 16.0. The minimum Gasteiger partial charge on any atom is -0.393 e. The van der Waals surface area contributed by atoms with Gasteiger partial charge in [-0.05, 0) is 113 Å². The first kappa shape index (κ1) is 28.5. The molecule has 4 aliphatic rings. The molecule has 5 nitrogen and oxygen atoms in total. The number of thiophene rings is 1. The van der Waals surface area contributed by atoms with Crippen LogP contribution in [0.3, 0.4) is 0 Å². The van der Waals surface area contributed by atoms with E-state index in [4.69, 9.17) is 0 Å². The molecule has 38 heavy (non-hydrogen) atoms. The molecule has 4 aliphatic carbocycles. The first-order chi connectivity index (χ1) is 17.9. The Morgan fingerprint density at radius 3 is 2.63 bits per heavy atom. The molecule has 0 saturated heterocycles. The van der Waals surface area contributed by atoms with Gasteiger partial charge in [-0.3, -0.25) is 9.59 Å². The van der Waals surface area contributed by atoms with E-state index in [1.54, 1.807) is 11.3 Å². The second-order valence-electron chi connectivity index (χ2n) is 13.5. The van der Waals surface area contributed by atoms with Gasteiger partial charge in [0.1, 0.15) is 5.78 Å². The fourth-order valence-electron chi connectivity index (χ4n) is 9.52. The van der Waals surface area contributed by atoms with Crippen molar-refractivity contribution in [2.75, 3.05) is 0 Å². The Labute approximate surface area is 240 Å². The van der Waals surface area contributed by atoms with Crippen LogP contribution in [0, 0.1) is 46.3 Å². The average molecular weight is 607 g/mol. The minimum atomic E-state index is -0.459. The topological polar surface area (TPSA) is 86.6 Å². The van der Waals surface area contributed by atoms with Crippen LogP contribution in [0.4, 0.5) is 0 Å². The van der Waals surface area contributed by atoms with Crippen LogP contribution >= 0.6 is 27.3 Å². The lowest BCUT2D eigenvalue weighted by atomic mass is 9.43. The molecule has 4 saturated carbocycles. The standard InChI is InChI=1S/C31H44BrNO4S/c1-16(2)29(24-8-9-26(32)38-24)33-27(37)12-17(3)20-6-7-21-28-22(15-25(36)31(20,21)5)30(4)11-10-19(34)13-18(30)14-23(28)35/h8-9,17-18,20-23,25,28-29,35-36H,1,6-7,10-15H2,2-5H3,(H,33,37)/t17-,18+,20-,21+,22+,23-,25+,28+,29-,30+,31-/m1/s1. The number of carbonyl (C=O) groups excluding carboxylic acids is 2. The summed E-state index contributed by atoms with van der Waals surface area (Å²) in [6.45, 7) is 12.8. The maximum atomic E-state index is 13.3. The summed E-state index contributed by atoms with van der Waals surface area (Å²) in [5, 5.41) is 26.4. The fraction of sp³-hybridized carbons (Fsp3) is 0.742. The van der Waals surface area contributed by atoms with Crippen molar-refractivity contribution in [1.82, 2.24) is 5.32 Å². The third kappa shape index (κ3) is 4.67. The van der Waals surface area contributed by atoms with E-state index >= 15 is 0 Å². The summed E-state index contributed by atoms with van der Waals surface area (Å²) in [6, 6.07) is 3.82. The Morgan fingerprint density at radius 1 is 1.24 bits per heavy atom. The third-order valence-electron chi connectivity index (χ3n) is 11.5. The number of fused-ring (bicyclic) bond motifs is 5. The molecule has 0 unspecified atom stereocenters. The van der Waals surface area contributed by atoms with Gasteiger partial charge in [0.15, 0.2) is 0 Å². The molecule has 4 fully saturated rings. The van der Waals surface area contributed by atoms with Gasteiger partial charge in [0.2, 0.25) is 5.91 Å². The number of aliphatic hydroxyl groups excluding tert-OH is 2. The summed E-state index contributed by atoms with van der Waals surface area (Å²) in [4.78, 5) is 26.6. The molecule has 1 amide bonds. The summed E-state index contributed by atoms with van der Waals surface area (Å²) in [5.74, 6) is 1.56. The Bertz CT molecular complexity index is 1100. The monoisotopic (exact) mass is 605 g/mol. The molecule has 1 heterocycles. The van der Waals surface area contributed by atoms with Crippen molar-refractivity contribution in [1.29, 1.82) is 0 Å². The zero-order valence-corrected chi connectivity index (χ0v) is 25.6. The number of amides is 1. The van der Waals surface area contributed by atoms with Crippen LogP contribution in [0.15, 0.2) is 28.1 Å². The number of hydrogen-bond acceptors (Lipinski definition) is 5. The number of aliphatic hydroxyl groups is 2. The number of halogens is 1. The summed E-state index contributed by atoms with van der Waals surface area (Å²) < 4.78 is 1.03. The summed E-state index contributed by atoms with van der Waals surface area (Å²) in [7, 11) is 0. The van der Waals surface area contributed by atoms with Gasteiger partial charge in [-0.25, -0.2) is 0 Å². The highest BCUT2D eigenvalue weighted by atomic mass is 79.9. The van der Waals surface area contributed by atoms with Gasteiger partial charge >= 0.3 is 0 Å². The second kappa shape index (κ2) is 10.4. The van der Waals surface area contributed by atoms with Crippen molar-refractivity contribution >= 4 is 39.0 Å². The Morgan fingerprint density at radius 2 is 1.97 bits per heavy atom. The number of ketones is 1. The van der Waals surface area contributed by atoms with Gasteiger partial charge in [0, 0.05) is 24.1 Å². The molecule has 5 rings (SSSR count). The molecule has 0 radical (unpaired) electrons. The van der Waals surface area contributed by atoms with E-state index in [0.717, 1.165) is 33.5 Å². The SMILES string of the molecule is C=C(C)[C@@H](NC(=O)C[C@@H](C)[C@H]1CC[C@H]2[C@@H]3[C@H](O)C[C@@H]4CC(=O)CC[C@]4(C)[C@H]3C[C@H](O)[C@]12C)c1ccc(Br)s1. The molecule has 7 heteroatoms. The lowest BCUT2D eigenvalue weighted by Gasteiger charge is -2.63. The van der Waals surface area contributed by atoms with E-state index in [0.29, 0.717) is 37.9 Å². The van der Waals surface area contributed by atoms with Crippen LogP contribution in [0.2, 0.25) is 0 Å². The van der Waals surface area contributed by atoms with Crippen molar-refractivity contribution in [2.24, 2.45) is 46.3 Å². The van der Waals surface area contributed by atoms with Crippen molar-refractivity contribution in [2.45, 2.75) is 97.3 Å². The van der Waals surface area contributed by atoms with Gasteiger partial charge in [0.25, 0.3) is 0 Å². The fourth-order valence-corrected chi connectivity index (χ4v) is 11.1. The van der Waals surface area contributed by atoms with Gasteiger partial charge in [-0.1, -0.05) is 32.9 Å². The summed E-state index contributed by atoms with van der Waals surface area (Å²) >= 11 is 5.13. The molecule has 1 aromatic rings. The van der Waals surface area contributed by atoms with Crippen LogP contribution in [0.25, 0.3) is 0 Å². The first-order valence-electron chi connectivity index (χ1n) is 14.4. The van der Waals surface area contributed by atoms with Crippen LogP contribution in [0.1, 0.15) is 90.0 Å². The zero-order chi connectivity index (χ0) is 27.6. The van der Waals surface area contributed by atoms with E-state index in [1.807, 2.05) is 19.1 Å². The van der Waals surface area contributed by atoms with Gasteiger partial charge < -0.3 is 15.5 Å². The lowest BCUT2D eigenvalue weighted by Crippen LogP contribution is -2.62. The first-order valence-corrected chi connectivity index (χ1v) is 16.0. The molecular formula is C31H44BrNO4S. The van der Waals surface area contributed by atoms with Crippen LogP contribution < -0.4 is 5.32 Å². The molecule has 0 bridgehead atoms. The molecule has 1 aromatic heterocycles. The van der Waals surface area contributed by atoms with E-state index in [9.17, 15) is 19.8 Å². The molecular weight excluding hydrogens is 562 g/mol. The predicted molar refractivity (Wildman–Crippen MR) is 155 cm³/mol. The van der Waals surface area contributed by atoms with E-state index in [-0.39, 0.29) is 58.3 Å².